The summed E-state index contributed by atoms with van der Waals surface area (Å²) in [5, 5.41) is 18.7. The summed E-state index contributed by atoms with van der Waals surface area (Å²) in [6.45, 7) is 0. The molecule has 0 N–H and O–H groups in total. The maximum absolute atomic E-state index is 12.2. The van der Waals surface area contributed by atoms with E-state index in [1.165, 1.54) is 30.5 Å². The van der Waals surface area contributed by atoms with E-state index in [2.05, 4.69) is 10.2 Å². The Hall–Kier alpha value is -3.35. The second-order valence-electron chi connectivity index (χ2n) is 4.49. The fourth-order valence-electron chi connectivity index (χ4n) is 1.94. The highest BCUT2D eigenvalue weighted by Gasteiger charge is 2.14. The van der Waals surface area contributed by atoms with Gasteiger partial charge in [-0.15, -0.1) is 9.90 Å². The van der Waals surface area contributed by atoms with Gasteiger partial charge in [-0.1, -0.05) is 30.3 Å². The van der Waals surface area contributed by atoms with E-state index in [0.717, 1.165) is 10.4 Å². The molecule has 1 heterocycles. The summed E-state index contributed by atoms with van der Waals surface area (Å²) in [5.41, 5.74) is 1.64. The van der Waals surface area contributed by atoms with Gasteiger partial charge in [0.1, 0.15) is 5.69 Å². The molecule has 3 rings (SSSR count). The van der Waals surface area contributed by atoms with Crippen molar-refractivity contribution in [2.45, 2.75) is 0 Å². The van der Waals surface area contributed by atoms with E-state index in [-0.39, 0.29) is 11.3 Å². The lowest BCUT2D eigenvalue weighted by Gasteiger charge is -1.99. The van der Waals surface area contributed by atoms with Gasteiger partial charge in [0, 0.05) is 23.3 Å². The number of nitrogens with zero attached hydrogens (tertiary/aromatic N) is 4. The highest BCUT2D eigenvalue weighted by molar-refractivity contribution is 5.95. The van der Waals surface area contributed by atoms with E-state index in [1.54, 1.807) is 0 Å². The van der Waals surface area contributed by atoms with Crippen molar-refractivity contribution in [2.24, 2.45) is 0 Å². The molecule has 0 saturated heterocycles. The van der Waals surface area contributed by atoms with E-state index in [4.69, 9.17) is 0 Å². The molecule has 0 aliphatic carbocycles. The number of carbonyl (C=O) groups excluding carboxylic acids is 1. The number of benzene rings is 2. The quantitative estimate of drug-likeness (QED) is 0.547. The molecule has 0 spiro atoms. The first-order valence-electron chi connectivity index (χ1n) is 6.42. The molecular weight excluding hydrogens is 284 g/mol. The summed E-state index contributed by atoms with van der Waals surface area (Å²) in [6, 6.07) is 14.7. The molecule has 0 aliphatic heterocycles. The molecule has 7 nitrogen and oxygen atoms in total. The van der Waals surface area contributed by atoms with Gasteiger partial charge in [-0.25, -0.2) is 0 Å². The highest BCUT2D eigenvalue weighted by atomic mass is 16.6. The lowest BCUT2D eigenvalue weighted by Crippen LogP contribution is -2.15. The number of aromatic nitrogens is 3. The van der Waals surface area contributed by atoms with Crippen LogP contribution in [0.2, 0.25) is 0 Å². The molecule has 0 amide bonds. The van der Waals surface area contributed by atoms with E-state index in [1.807, 2.05) is 30.3 Å². The van der Waals surface area contributed by atoms with Crippen molar-refractivity contribution in [3.8, 4) is 11.3 Å². The van der Waals surface area contributed by atoms with Gasteiger partial charge in [-0.2, -0.15) is 5.10 Å². The Morgan fingerprint density at radius 1 is 1.05 bits per heavy atom. The Morgan fingerprint density at radius 2 is 1.73 bits per heavy atom. The minimum Gasteiger partial charge on any atom is -0.265 e. The Morgan fingerprint density at radius 3 is 2.36 bits per heavy atom. The van der Waals surface area contributed by atoms with Crippen LogP contribution in [0.15, 0.2) is 60.8 Å². The predicted octanol–water partition coefficient (Wildman–Crippen LogP) is 2.54. The van der Waals surface area contributed by atoms with Crippen LogP contribution in [0.1, 0.15) is 10.4 Å². The molecular formula is C15H10N4O3. The van der Waals surface area contributed by atoms with E-state index >= 15 is 0 Å². The standard InChI is InChI=1S/C15H10N4O3/c20-15(12-6-8-13(9-7-12)19(21)22)18-16-10-14(17-18)11-4-2-1-3-5-11/h1-10H. The third-order valence-corrected chi connectivity index (χ3v) is 3.07. The summed E-state index contributed by atoms with van der Waals surface area (Å²) in [6.07, 6.45) is 1.50. The topological polar surface area (TPSA) is 90.9 Å². The molecule has 0 unspecified atom stereocenters. The van der Waals surface area contributed by atoms with Gasteiger partial charge >= 0.3 is 0 Å². The molecule has 0 radical (unpaired) electrons. The van der Waals surface area contributed by atoms with E-state index in [0.29, 0.717) is 5.69 Å². The third kappa shape index (κ3) is 2.59. The van der Waals surface area contributed by atoms with E-state index in [9.17, 15) is 14.9 Å². The molecule has 0 bridgehead atoms. The van der Waals surface area contributed by atoms with Crippen LogP contribution in [0, 0.1) is 10.1 Å². The Labute approximate surface area is 125 Å². The predicted molar refractivity (Wildman–Crippen MR) is 78.3 cm³/mol. The van der Waals surface area contributed by atoms with Crippen LogP contribution in [-0.4, -0.2) is 25.8 Å². The zero-order valence-electron chi connectivity index (χ0n) is 11.3. The van der Waals surface area contributed by atoms with Crippen LogP contribution in [0.3, 0.4) is 0 Å². The molecule has 2 aromatic carbocycles. The minimum atomic E-state index is -0.520. The molecule has 22 heavy (non-hydrogen) atoms. The maximum Gasteiger partial charge on any atom is 0.295 e. The number of nitro benzene ring substituents is 1. The zero-order valence-corrected chi connectivity index (χ0v) is 11.3. The number of rotatable bonds is 3. The molecule has 1 aromatic heterocycles. The second-order valence-corrected chi connectivity index (χ2v) is 4.49. The van der Waals surface area contributed by atoms with Crippen LogP contribution in [0.25, 0.3) is 11.3 Å². The lowest BCUT2D eigenvalue weighted by molar-refractivity contribution is -0.384. The second kappa shape index (κ2) is 5.57. The largest absolute Gasteiger partial charge is 0.295 e. The van der Waals surface area contributed by atoms with Crippen molar-refractivity contribution in [1.82, 2.24) is 15.0 Å². The highest BCUT2D eigenvalue weighted by Crippen LogP contribution is 2.16. The summed E-state index contributed by atoms with van der Waals surface area (Å²) in [5.74, 6) is -0.447. The first kappa shape index (κ1) is 13.6. The molecule has 7 heteroatoms. The summed E-state index contributed by atoms with van der Waals surface area (Å²) in [7, 11) is 0. The summed E-state index contributed by atoms with van der Waals surface area (Å²) < 4.78 is 0. The van der Waals surface area contributed by atoms with Gasteiger partial charge in [0.25, 0.3) is 11.6 Å². The fraction of sp³-hybridized carbons (Fsp3) is 0. The molecule has 0 atom stereocenters. The van der Waals surface area contributed by atoms with Crippen molar-refractivity contribution in [2.75, 3.05) is 0 Å². The summed E-state index contributed by atoms with van der Waals surface area (Å²) >= 11 is 0. The summed E-state index contributed by atoms with van der Waals surface area (Å²) in [4.78, 5) is 23.3. The normalized spacial score (nSPS) is 10.4. The van der Waals surface area contributed by atoms with Gasteiger partial charge < -0.3 is 0 Å². The monoisotopic (exact) mass is 294 g/mol. The van der Waals surface area contributed by atoms with Crippen LogP contribution in [-0.2, 0) is 0 Å². The fourth-order valence-corrected chi connectivity index (χ4v) is 1.94. The van der Waals surface area contributed by atoms with Crippen molar-refractivity contribution < 1.29 is 9.72 Å². The lowest BCUT2D eigenvalue weighted by atomic mass is 10.2. The number of carbonyl (C=O) groups is 1. The molecule has 0 fully saturated rings. The minimum absolute atomic E-state index is 0.0741. The average molecular weight is 294 g/mol. The van der Waals surface area contributed by atoms with Gasteiger partial charge in [0.2, 0.25) is 0 Å². The Balaban J connectivity index is 1.87. The van der Waals surface area contributed by atoms with Crippen LogP contribution >= 0.6 is 0 Å². The first-order valence-corrected chi connectivity index (χ1v) is 6.42. The maximum atomic E-state index is 12.2. The molecule has 0 aliphatic rings. The van der Waals surface area contributed by atoms with E-state index < -0.39 is 10.8 Å². The van der Waals surface area contributed by atoms with Gasteiger partial charge in [-0.3, -0.25) is 14.9 Å². The molecule has 0 saturated carbocycles. The van der Waals surface area contributed by atoms with Gasteiger partial charge in [0.05, 0.1) is 11.1 Å². The third-order valence-electron chi connectivity index (χ3n) is 3.07. The Kier molecular flexibility index (Phi) is 3.45. The smallest absolute Gasteiger partial charge is 0.265 e. The van der Waals surface area contributed by atoms with Crippen LogP contribution < -0.4 is 0 Å². The molecule has 108 valence electrons. The first-order chi connectivity index (χ1) is 10.6. The number of hydrogen-bond acceptors (Lipinski definition) is 5. The average Bonchev–Trinajstić information content (AvgIpc) is 3.05. The van der Waals surface area contributed by atoms with Gasteiger partial charge in [-0.05, 0) is 12.1 Å². The zero-order chi connectivity index (χ0) is 15.5. The SMILES string of the molecule is O=C(c1ccc([N+](=O)[O-])cc1)n1ncc(-c2ccccc2)n1. The van der Waals surface area contributed by atoms with Crippen molar-refractivity contribution in [1.29, 1.82) is 0 Å². The van der Waals surface area contributed by atoms with Crippen LogP contribution in [0.4, 0.5) is 5.69 Å². The van der Waals surface area contributed by atoms with Crippen molar-refractivity contribution >= 4 is 11.6 Å². The van der Waals surface area contributed by atoms with Crippen molar-refractivity contribution in [3.63, 3.8) is 0 Å². The Bertz CT molecular complexity index is 826. The number of nitro groups is 1. The molecule has 3 aromatic rings. The van der Waals surface area contributed by atoms with Gasteiger partial charge in [0.15, 0.2) is 0 Å². The number of non-ortho nitro benzene ring substituents is 1. The number of hydrogen-bond donors (Lipinski definition) is 0. The van der Waals surface area contributed by atoms with Crippen molar-refractivity contribution in [3.05, 3.63) is 76.5 Å². The van der Waals surface area contributed by atoms with Crippen LogP contribution in [0.5, 0.6) is 0 Å².